The van der Waals surface area contributed by atoms with E-state index in [1.165, 1.54) is 4.90 Å². The van der Waals surface area contributed by atoms with E-state index in [0.717, 1.165) is 24.2 Å². The molecule has 0 heterocycles. The Balaban J connectivity index is 1.70. The normalized spacial score (nSPS) is 16.3. The van der Waals surface area contributed by atoms with Crippen molar-refractivity contribution in [2.75, 3.05) is 5.75 Å². The highest BCUT2D eigenvalue weighted by atomic mass is 32.2. The lowest BCUT2D eigenvalue weighted by Crippen LogP contribution is -2.25. The van der Waals surface area contributed by atoms with E-state index < -0.39 is 0 Å². The number of amides is 1. The lowest BCUT2D eigenvalue weighted by molar-refractivity contribution is -0.120. The Morgan fingerprint density at radius 1 is 1.44 bits per heavy atom. The molecular weight excluding hydrogens is 244 g/mol. The number of hydrogen-bond acceptors (Lipinski definition) is 3. The fraction of sp³-hybridized carbons (Fsp3) is 0.500. The fourth-order valence-corrected chi connectivity index (χ4v) is 2.51. The molecule has 1 saturated carbocycles. The predicted octanol–water partition coefficient (Wildman–Crippen LogP) is 2.47. The molecule has 18 heavy (non-hydrogen) atoms. The number of thioether (sulfide) groups is 1. The summed E-state index contributed by atoms with van der Waals surface area (Å²) >= 11 is 1.72. The summed E-state index contributed by atoms with van der Waals surface area (Å²) in [6, 6.07) is 8.79. The second kappa shape index (κ2) is 6.25. The average molecular weight is 264 g/mol. The van der Waals surface area contributed by atoms with Crippen molar-refractivity contribution < 1.29 is 4.79 Å². The molecule has 0 spiro atoms. The monoisotopic (exact) mass is 264 g/mol. The molecule has 1 unspecified atom stereocenters. The van der Waals surface area contributed by atoms with Crippen LogP contribution in [0.4, 0.5) is 0 Å². The number of benzene rings is 1. The van der Waals surface area contributed by atoms with E-state index in [0.29, 0.717) is 12.5 Å². The van der Waals surface area contributed by atoms with Crippen molar-refractivity contribution in [3.8, 4) is 0 Å². The second-order valence-electron chi connectivity index (χ2n) is 4.80. The van der Waals surface area contributed by atoms with Crippen LogP contribution in [0.15, 0.2) is 29.2 Å². The van der Waals surface area contributed by atoms with E-state index in [2.05, 4.69) is 29.6 Å². The molecule has 1 fully saturated rings. The van der Waals surface area contributed by atoms with Crippen LogP contribution < -0.4 is 11.1 Å². The molecule has 4 heteroatoms. The minimum absolute atomic E-state index is 0.0772. The molecule has 1 aromatic carbocycles. The summed E-state index contributed by atoms with van der Waals surface area (Å²) < 4.78 is 0. The number of carbonyl (C=O) groups excluding carboxylic acids is 1. The maximum atomic E-state index is 11.5. The van der Waals surface area contributed by atoms with Crippen LogP contribution in [-0.4, -0.2) is 17.7 Å². The van der Waals surface area contributed by atoms with E-state index in [9.17, 15) is 4.79 Å². The summed E-state index contributed by atoms with van der Waals surface area (Å²) in [5, 5.41) is 3.00. The third kappa shape index (κ3) is 4.35. The zero-order chi connectivity index (χ0) is 13.0. The molecule has 98 valence electrons. The molecule has 1 atom stereocenters. The third-order valence-electron chi connectivity index (χ3n) is 2.95. The van der Waals surface area contributed by atoms with Crippen LogP contribution in [0.5, 0.6) is 0 Å². The second-order valence-corrected chi connectivity index (χ2v) is 5.97. The molecule has 0 aliphatic heterocycles. The summed E-state index contributed by atoms with van der Waals surface area (Å²) in [6.07, 6.45) is 2.89. The largest absolute Gasteiger partial charge is 0.353 e. The van der Waals surface area contributed by atoms with E-state index >= 15 is 0 Å². The van der Waals surface area contributed by atoms with Crippen LogP contribution in [0.25, 0.3) is 0 Å². The Hall–Kier alpha value is -1.00. The minimum Gasteiger partial charge on any atom is -0.353 e. The molecule has 1 aromatic rings. The first-order valence-corrected chi connectivity index (χ1v) is 7.41. The molecule has 0 bridgehead atoms. The van der Waals surface area contributed by atoms with Crippen molar-refractivity contribution in [1.29, 1.82) is 0 Å². The van der Waals surface area contributed by atoms with Gasteiger partial charge in [0.1, 0.15) is 0 Å². The van der Waals surface area contributed by atoms with Crippen molar-refractivity contribution in [2.24, 2.45) is 5.73 Å². The number of carbonyl (C=O) groups is 1. The Kier molecular flexibility index (Phi) is 4.66. The van der Waals surface area contributed by atoms with Crippen LogP contribution in [0.1, 0.15) is 37.8 Å². The number of rotatable bonds is 6. The lowest BCUT2D eigenvalue weighted by atomic mass is 10.1. The van der Waals surface area contributed by atoms with Gasteiger partial charge in [0.15, 0.2) is 0 Å². The van der Waals surface area contributed by atoms with Gasteiger partial charge in [-0.3, -0.25) is 4.79 Å². The molecule has 3 nitrogen and oxygen atoms in total. The summed E-state index contributed by atoms with van der Waals surface area (Å²) in [6.45, 7) is 1.98. The highest BCUT2D eigenvalue weighted by Gasteiger charge is 2.22. The van der Waals surface area contributed by atoms with Crippen molar-refractivity contribution in [2.45, 2.75) is 43.2 Å². The first kappa shape index (κ1) is 13.4. The zero-order valence-corrected chi connectivity index (χ0v) is 11.5. The van der Waals surface area contributed by atoms with Gasteiger partial charge in [0.2, 0.25) is 5.91 Å². The standard InChI is InChI=1S/C14H20N2OS/c1-10(15)11-2-6-13(7-3-11)18-9-8-14(17)16-12-4-5-12/h2-3,6-7,10,12H,4-5,8-9,15H2,1H3,(H,16,17). The van der Waals surface area contributed by atoms with Crippen LogP contribution in [0.2, 0.25) is 0 Å². The maximum Gasteiger partial charge on any atom is 0.221 e. The average Bonchev–Trinajstić information content (AvgIpc) is 3.13. The van der Waals surface area contributed by atoms with Gasteiger partial charge in [-0.25, -0.2) is 0 Å². The Bertz CT molecular complexity index is 399. The van der Waals surface area contributed by atoms with Crippen LogP contribution in [0.3, 0.4) is 0 Å². The van der Waals surface area contributed by atoms with Gasteiger partial charge in [0, 0.05) is 29.2 Å². The summed E-state index contributed by atoms with van der Waals surface area (Å²) in [7, 11) is 0. The van der Waals surface area contributed by atoms with E-state index in [4.69, 9.17) is 5.73 Å². The molecule has 0 radical (unpaired) electrons. The molecular formula is C14H20N2OS. The lowest BCUT2D eigenvalue weighted by Gasteiger charge is -2.07. The summed E-state index contributed by atoms with van der Waals surface area (Å²) in [4.78, 5) is 12.7. The van der Waals surface area contributed by atoms with E-state index in [1.807, 2.05) is 6.92 Å². The Morgan fingerprint density at radius 2 is 2.11 bits per heavy atom. The molecule has 0 aromatic heterocycles. The smallest absolute Gasteiger partial charge is 0.221 e. The van der Waals surface area contributed by atoms with E-state index in [1.54, 1.807) is 11.8 Å². The van der Waals surface area contributed by atoms with Crippen molar-refractivity contribution in [3.05, 3.63) is 29.8 Å². The molecule has 1 aliphatic rings. The van der Waals surface area contributed by atoms with Gasteiger partial charge in [-0.1, -0.05) is 12.1 Å². The topological polar surface area (TPSA) is 55.1 Å². The van der Waals surface area contributed by atoms with E-state index in [-0.39, 0.29) is 11.9 Å². The predicted molar refractivity (Wildman–Crippen MR) is 75.6 cm³/mol. The first-order chi connectivity index (χ1) is 8.65. The molecule has 1 amide bonds. The van der Waals surface area contributed by atoms with Gasteiger partial charge in [-0.2, -0.15) is 0 Å². The van der Waals surface area contributed by atoms with Gasteiger partial charge >= 0.3 is 0 Å². The molecule has 2 rings (SSSR count). The quantitative estimate of drug-likeness (QED) is 0.776. The Labute approximate surface area is 113 Å². The van der Waals surface area contributed by atoms with Gasteiger partial charge in [-0.05, 0) is 37.5 Å². The van der Waals surface area contributed by atoms with Crippen LogP contribution in [0, 0.1) is 0 Å². The highest BCUT2D eigenvalue weighted by Crippen LogP contribution is 2.22. The summed E-state index contributed by atoms with van der Waals surface area (Å²) in [5.74, 6) is 1.01. The van der Waals surface area contributed by atoms with Crippen molar-refractivity contribution in [1.82, 2.24) is 5.32 Å². The van der Waals surface area contributed by atoms with Gasteiger partial charge in [0.05, 0.1) is 0 Å². The van der Waals surface area contributed by atoms with Crippen LogP contribution in [-0.2, 0) is 4.79 Å². The molecule has 0 saturated heterocycles. The van der Waals surface area contributed by atoms with Crippen LogP contribution >= 0.6 is 11.8 Å². The SMILES string of the molecule is CC(N)c1ccc(SCCC(=O)NC2CC2)cc1. The van der Waals surface area contributed by atoms with Crippen molar-refractivity contribution in [3.63, 3.8) is 0 Å². The maximum absolute atomic E-state index is 11.5. The highest BCUT2D eigenvalue weighted by molar-refractivity contribution is 7.99. The fourth-order valence-electron chi connectivity index (χ4n) is 1.66. The Morgan fingerprint density at radius 3 is 2.67 bits per heavy atom. The molecule has 1 aliphatic carbocycles. The van der Waals surface area contributed by atoms with Gasteiger partial charge < -0.3 is 11.1 Å². The van der Waals surface area contributed by atoms with Gasteiger partial charge in [0.25, 0.3) is 0 Å². The first-order valence-electron chi connectivity index (χ1n) is 6.43. The number of hydrogen-bond donors (Lipinski definition) is 2. The zero-order valence-electron chi connectivity index (χ0n) is 10.7. The third-order valence-corrected chi connectivity index (χ3v) is 3.96. The molecule has 3 N–H and O–H groups in total. The number of nitrogens with one attached hydrogen (secondary N) is 1. The summed E-state index contributed by atoms with van der Waals surface area (Å²) in [5.41, 5.74) is 6.94. The van der Waals surface area contributed by atoms with Gasteiger partial charge in [-0.15, -0.1) is 11.8 Å². The van der Waals surface area contributed by atoms with Crippen molar-refractivity contribution >= 4 is 17.7 Å². The number of nitrogens with two attached hydrogens (primary N) is 1. The minimum atomic E-state index is 0.0772.